The van der Waals surface area contributed by atoms with Crippen molar-refractivity contribution in [2.75, 3.05) is 0 Å². The van der Waals surface area contributed by atoms with E-state index >= 15 is 0 Å². The SMILES string of the molecule is C=COC(C)(C1CC2CCC1C2)C12CC3CC(CC(C3)C1)C2. The Hall–Kier alpha value is -0.460. The van der Waals surface area contributed by atoms with Crippen molar-refractivity contribution in [2.24, 2.45) is 40.9 Å². The molecule has 0 aromatic carbocycles. The zero-order valence-corrected chi connectivity index (χ0v) is 14.2. The number of fused-ring (bicyclic) bond motifs is 2. The maximum Gasteiger partial charge on any atom is 0.114 e. The molecule has 0 radical (unpaired) electrons. The molecule has 6 rings (SSSR count). The van der Waals surface area contributed by atoms with Gasteiger partial charge in [-0.2, -0.15) is 0 Å². The number of ether oxygens (including phenoxy) is 1. The first-order chi connectivity index (χ1) is 10.6. The summed E-state index contributed by atoms with van der Waals surface area (Å²) in [4.78, 5) is 0. The highest BCUT2D eigenvalue weighted by Crippen LogP contribution is 2.68. The molecule has 0 spiro atoms. The predicted octanol–water partition coefficient (Wildman–Crippen LogP) is 5.56. The molecular formula is C21H32O. The van der Waals surface area contributed by atoms with E-state index in [9.17, 15) is 0 Å². The quantitative estimate of drug-likeness (QED) is 0.618. The molecule has 0 aliphatic heterocycles. The van der Waals surface area contributed by atoms with E-state index in [-0.39, 0.29) is 5.60 Å². The summed E-state index contributed by atoms with van der Waals surface area (Å²) in [5.41, 5.74) is 0.551. The van der Waals surface area contributed by atoms with Crippen molar-refractivity contribution in [1.29, 1.82) is 0 Å². The first-order valence-electron chi connectivity index (χ1n) is 9.90. The van der Waals surface area contributed by atoms with Crippen molar-refractivity contribution in [2.45, 2.75) is 76.7 Å². The van der Waals surface area contributed by atoms with Gasteiger partial charge in [-0.1, -0.05) is 13.0 Å². The molecule has 6 aliphatic rings. The molecule has 0 heterocycles. The van der Waals surface area contributed by atoms with Crippen LogP contribution in [0.5, 0.6) is 0 Å². The summed E-state index contributed by atoms with van der Waals surface area (Å²) in [5.74, 6) is 5.80. The van der Waals surface area contributed by atoms with Crippen LogP contribution in [0.15, 0.2) is 12.8 Å². The Bertz CT molecular complexity index is 445. The lowest BCUT2D eigenvalue weighted by Crippen LogP contribution is -2.61. The van der Waals surface area contributed by atoms with Crippen LogP contribution in [0.3, 0.4) is 0 Å². The van der Waals surface area contributed by atoms with Crippen LogP contribution in [0, 0.1) is 40.9 Å². The monoisotopic (exact) mass is 300 g/mol. The molecule has 0 amide bonds. The smallest absolute Gasteiger partial charge is 0.114 e. The summed E-state index contributed by atoms with van der Waals surface area (Å²) in [6.07, 6.45) is 16.6. The van der Waals surface area contributed by atoms with E-state index in [4.69, 9.17) is 4.74 Å². The average Bonchev–Trinajstić information content (AvgIpc) is 3.08. The molecule has 6 bridgehead atoms. The summed E-state index contributed by atoms with van der Waals surface area (Å²) >= 11 is 0. The van der Waals surface area contributed by atoms with Crippen molar-refractivity contribution in [1.82, 2.24) is 0 Å². The van der Waals surface area contributed by atoms with Gasteiger partial charge in [0.25, 0.3) is 0 Å². The minimum Gasteiger partial charge on any atom is -0.495 e. The normalized spacial score (nSPS) is 54.4. The van der Waals surface area contributed by atoms with E-state index in [1.165, 1.54) is 64.2 Å². The van der Waals surface area contributed by atoms with Gasteiger partial charge in [-0.05, 0) is 94.3 Å². The topological polar surface area (TPSA) is 9.23 Å². The van der Waals surface area contributed by atoms with Crippen molar-refractivity contribution in [3.8, 4) is 0 Å². The van der Waals surface area contributed by atoms with Crippen LogP contribution in [-0.2, 0) is 4.74 Å². The fourth-order valence-corrected chi connectivity index (χ4v) is 8.42. The second kappa shape index (κ2) is 4.54. The Kier molecular flexibility index (Phi) is 2.88. The maximum atomic E-state index is 6.51. The minimum absolute atomic E-state index is 0.0740. The number of rotatable bonds is 4. The third-order valence-corrected chi connectivity index (χ3v) is 8.87. The summed E-state index contributed by atoms with van der Waals surface area (Å²) in [6.45, 7) is 6.49. The minimum atomic E-state index is 0.0740. The second-order valence-electron chi connectivity index (χ2n) is 9.87. The molecule has 6 saturated carbocycles. The van der Waals surface area contributed by atoms with Gasteiger partial charge in [0.2, 0.25) is 0 Å². The third-order valence-electron chi connectivity index (χ3n) is 8.87. The summed E-state index contributed by atoms with van der Waals surface area (Å²) < 4.78 is 6.51. The fourth-order valence-electron chi connectivity index (χ4n) is 8.42. The highest BCUT2D eigenvalue weighted by Gasteiger charge is 2.64. The number of hydrogen-bond acceptors (Lipinski definition) is 1. The Morgan fingerprint density at radius 3 is 2.00 bits per heavy atom. The Labute approximate surface area is 135 Å². The molecule has 0 aromatic heterocycles. The van der Waals surface area contributed by atoms with Gasteiger partial charge >= 0.3 is 0 Å². The van der Waals surface area contributed by atoms with Crippen LogP contribution in [0.2, 0.25) is 0 Å². The lowest BCUT2D eigenvalue weighted by Gasteiger charge is -2.64. The standard InChI is InChI=1S/C21H32O/c1-3-22-20(2,19-10-14-4-5-18(19)9-14)21-11-15-6-16(12-21)8-17(7-15)13-21/h3,14-19H,1,4-13H2,2H3. The van der Waals surface area contributed by atoms with Crippen LogP contribution in [-0.4, -0.2) is 5.60 Å². The van der Waals surface area contributed by atoms with Crippen molar-refractivity contribution < 1.29 is 4.74 Å². The average molecular weight is 300 g/mol. The third kappa shape index (κ3) is 1.72. The van der Waals surface area contributed by atoms with E-state index in [2.05, 4.69) is 13.5 Å². The van der Waals surface area contributed by atoms with E-state index in [1.54, 1.807) is 6.26 Å². The Balaban J connectivity index is 1.53. The van der Waals surface area contributed by atoms with Crippen LogP contribution in [0.25, 0.3) is 0 Å². The zero-order chi connectivity index (χ0) is 14.9. The zero-order valence-electron chi connectivity index (χ0n) is 14.2. The van der Waals surface area contributed by atoms with Crippen LogP contribution in [0.4, 0.5) is 0 Å². The van der Waals surface area contributed by atoms with Crippen LogP contribution < -0.4 is 0 Å². The van der Waals surface area contributed by atoms with Gasteiger partial charge < -0.3 is 4.74 Å². The lowest BCUT2D eigenvalue weighted by atomic mass is 9.43. The van der Waals surface area contributed by atoms with Crippen LogP contribution in [0.1, 0.15) is 71.1 Å². The molecule has 4 unspecified atom stereocenters. The van der Waals surface area contributed by atoms with Crippen molar-refractivity contribution in [3.05, 3.63) is 12.8 Å². The molecule has 0 aromatic rings. The molecular weight excluding hydrogens is 268 g/mol. The van der Waals surface area contributed by atoms with Gasteiger partial charge in [-0.25, -0.2) is 0 Å². The summed E-state index contributed by atoms with van der Waals surface area (Å²) in [6, 6.07) is 0. The van der Waals surface area contributed by atoms with Crippen LogP contribution >= 0.6 is 0 Å². The molecule has 1 nitrogen and oxygen atoms in total. The fraction of sp³-hybridized carbons (Fsp3) is 0.905. The van der Waals surface area contributed by atoms with Gasteiger partial charge in [-0.15, -0.1) is 0 Å². The van der Waals surface area contributed by atoms with E-state index < -0.39 is 0 Å². The van der Waals surface area contributed by atoms with Gasteiger partial charge in [0, 0.05) is 11.3 Å². The van der Waals surface area contributed by atoms with Gasteiger partial charge in [0.15, 0.2) is 0 Å². The first-order valence-corrected chi connectivity index (χ1v) is 9.90. The molecule has 4 atom stereocenters. The molecule has 1 heteroatoms. The molecule has 6 fully saturated rings. The van der Waals surface area contributed by atoms with E-state index in [0.29, 0.717) is 5.41 Å². The van der Waals surface area contributed by atoms with Gasteiger partial charge in [-0.3, -0.25) is 0 Å². The molecule has 122 valence electrons. The Morgan fingerprint density at radius 2 is 1.55 bits per heavy atom. The Morgan fingerprint density at radius 1 is 0.909 bits per heavy atom. The lowest BCUT2D eigenvalue weighted by molar-refractivity contribution is -0.204. The molecule has 22 heavy (non-hydrogen) atoms. The van der Waals surface area contributed by atoms with Crippen molar-refractivity contribution >= 4 is 0 Å². The predicted molar refractivity (Wildman–Crippen MR) is 89.2 cm³/mol. The highest BCUT2D eigenvalue weighted by atomic mass is 16.5. The molecule has 6 aliphatic carbocycles. The van der Waals surface area contributed by atoms with Crippen molar-refractivity contribution in [3.63, 3.8) is 0 Å². The molecule has 0 saturated heterocycles. The van der Waals surface area contributed by atoms with Gasteiger partial charge in [0.1, 0.15) is 5.60 Å². The first kappa shape index (κ1) is 13.9. The maximum absolute atomic E-state index is 6.51. The van der Waals surface area contributed by atoms with E-state index in [0.717, 1.165) is 35.5 Å². The number of hydrogen-bond donors (Lipinski definition) is 0. The highest BCUT2D eigenvalue weighted by molar-refractivity contribution is 5.14. The van der Waals surface area contributed by atoms with Gasteiger partial charge in [0.05, 0.1) is 6.26 Å². The van der Waals surface area contributed by atoms with E-state index in [1.807, 2.05) is 0 Å². The summed E-state index contributed by atoms with van der Waals surface area (Å²) in [7, 11) is 0. The second-order valence-corrected chi connectivity index (χ2v) is 9.87. The summed E-state index contributed by atoms with van der Waals surface area (Å²) in [5, 5.41) is 0. The largest absolute Gasteiger partial charge is 0.495 e. The molecule has 0 N–H and O–H groups in total.